The van der Waals surface area contributed by atoms with Crippen molar-refractivity contribution in [2.75, 3.05) is 0 Å². The van der Waals surface area contributed by atoms with Crippen LogP contribution in [-0.2, 0) is 0 Å². The van der Waals surface area contributed by atoms with Crippen molar-refractivity contribution < 1.29 is 0 Å². The number of halogens is 1. The zero-order chi connectivity index (χ0) is 17.1. The lowest BCUT2D eigenvalue weighted by Gasteiger charge is -2.03. The molecule has 0 fully saturated rings. The lowest BCUT2D eigenvalue weighted by molar-refractivity contribution is 1.60. The van der Waals surface area contributed by atoms with Crippen molar-refractivity contribution in [3.05, 3.63) is 107 Å². The van der Waals surface area contributed by atoms with Crippen LogP contribution in [0.4, 0.5) is 0 Å². The monoisotopic (exact) mass is 384 g/mol. The molecule has 0 N–H and O–H groups in total. The fourth-order valence-corrected chi connectivity index (χ4v) is 3.33. The Bertz CT molecular complexity index is 1030. The molecular formula is C24H17Br. The topological polar surface area (TPSA) is 0 Å². The van der Waals surface area contributed by atoms with E-state index in [0.717, 1.165) is 4.47 Å². The van der Waals surface area contributed by atoms with Gasteiger partial charge in [0.15, 0.2) is 0 Å². The number of benzene rings is 4. The van der Waals surface area contributed by atoms with Crippen molar-refractivity contribution in [1.29, 1.82) is 0 Å². The van der Waals surface area contributed by atoms with E-state index < -0.39 is 0 Å². The molecule has 4 aromatic rings. The molecule has 0 heterocycles. The van der Waals surface area contributed by atoms with E-state index in [1.54, 1.807) is 0 Å². The lowest BCUT2D eigenvalue weighted by Crippen LogP contribution is -1.78. The largest absolute Gasteiger partial charge is 0.0622 e. The third-order valence-corrected chi connectivity index (χ3v) is 4.81. The normalized spacial score (nSPS) is 11.2. The molecule has 25 heavy (non-hydrogen) atoms. The van der Waals surface area contributed by atoms with Crippen molar-refractivity contribution in [3.8, 4) is 11.1 Å². The summed E-state index contributed by atoms with van der Waals surface area (Å²) in [5.41, 5.74) is 4.91. The minimum atomic E-state index is 1.11. The third kappa shape index (κ3) is 3.72. The molecule has 1 heteroatoms. The molecule has 0 unspecified atom stereocenters. The third-order valence-electron chi connectivity index (χ3n) is 4.31. The summed E-state index contributed by atoms with van der Waals surface area (Å²) in [6, 6.07) is 32.0. The molecule has 0 spiro atoms. The Balaban J connectivity index is 1.56. The second-order valence-electron chi connectivity index (χ2n) is 6.07. The van der Waals surface area contributed by atoms with Crippen LogP contribution < -0.4 is 0 Å². The first-order valence-electron chi connectivity index (χ1n) is 8.31. The molecule has 0 nitrogen and oxygen atoms in total. The van der Waals surface area contributed by atoms with Crippen LogP contribution in [0.1, 0.15) is 11.1 Å². The molecule has 0 aliphatic heterocycles. The summed E-state index contributed by atoms with van der Waals surface area (Å²) in [7, 11) is 0. The molecule has 0 bridgehead atoms. The Morgan fingerprint density at radius 3 is 1.92 bits per heavy atom. The van der Waals surface area contributed by atoms with Crippen LogP contribution in [0.25, 0.3) is 34.1 Å². The molecule has 0 saturated carbocycles. The van der Waals surface area contributed by atoms with Crippen molar-refractivity contribution in [1.82, 2.24) is 0 Å². The Labute approximate surface area is 156 Å². The predicted octanol–water partition coefficient (Wildman–Crippen LogP) is 7.44. The fourth-order valence-electron chi connectivity index (χ4n) is 2.95. The van der Waals surface area contributed by atoms with E-state index in [4.69, 9.17) is 0 Å². The van der Waals surface area contributed by atoms with Crippen molar-refractivity contribution in [3.63, 3.8) is 0 Å². The molecule has 120 valence electrons. The average molecular weight is 385 g/mol. The maximum atomic E-state index is 3.52. The van der Waals surface area contributed by atoms with Crippen molar-refractivity contribution >= 4 is 38.9 Å². The Hall–Kier alpha value is -2.64. The lowest BCUT2D eigenvalue weighted by atomic mass is 10.0. The van der Waals surface area contributed by atoms with Crippen LogP contribution in [0.2, 0.25) is 0 Å². The highest BCUT2D eigenvalue weighted by atomic mass is 79.9. The Kier molecular flexibility index (Phi) is 4.49. The van der Waals surface area contributed by atoms with E-state index in [9.17, 15) is 0 Å². The van der Waals surface area contributed by atoms with Crippen LogP contribution in [0.5, 0.6) is 0 Å². The van der Waals surface area contributed by atoms with E-state index in [1.165, 1.54) is 33.0 Å². The summed E-state index contributed by atoms with van der Waals surface area (Å²) in [5, 5.41) is 2.50. The minimum Gasteiger partial charge on any atom is -0.0622 e. The van der Waals surface area contributed by atoms with Gasteiger partial charge in [0.25, 0.3) is 0 Å². The van der Waals surface area contributed by atoms with E-state index in [1.807, 2.05) is 6.07 Å². The van der Waals surface area contributed by atoms with Gasteiger partial charge >= 0.3 is 0 Å². The SMILES string of the molecule is Brc1ccc2cc(C=Cc3ccc(-c4ccccc4)cc3)ccc2c1. The zero-order valence-corrected chi connectivity index (χ0v) is 15.3. The maximum absolute atomic E-state index is 3.52. The van der Waals surface area contributed by atoms with Crippen LogP contribution in [0.15, 0.2) is 95.5 Å². The van der Waals surface area contributed by atoms with Gasteiger partial charge in [0.2, 0.25) is 0 Å². The number of fused-ring (bicyclic) bond motifs is 1. The van der Waals surface area contributed by atoms with Crippen LogP contribution in [0.3, 0.4) is 0 Å². The summed E-state index contributed by atoms with van der Waals surface area (Å²) in [5.74, 6) is 0. The number of hydrogen-bond acceptors (Lipinski definition) is 0. The molecule has 0 radical (unpaired) electrons. The summed E-state index contributed by atoms with van der Waals surface area (Å²) in [4.78, 5) is 0. The highest BCUT2D eigenvalue weighted by Gasteiger charge is 1.97. The first kappa shape index (κ1) is 15.9. The van der Waals surface area contributed by atoms with E-state index in [0.29, 0.717) is 0 Å². The maximum Gasteiger partial charge on any atom is 0.0181 e. The first-order valence-corrected chi connectivity index (χ1v) is 9.10. The highest BCUT2D eigenvalue weighted by Crippen LogP contribution is 2.23. The van der Waals surface area contributed by atoms with Gasteiger partial charge in [0.1, 0.15) is 0 Å². The summed E-state index contributed by atoms with van der Waals surface area (Å²) < 4.78 is 1.11. The minimum absolute atomic E-state index is 1.11. The molecular weight excluding hydrogens is 368 g/mol. The smallest absolute Gasteiger partial charge is 0.0181 e. The molecule has 4 rings (SSSR count). The molecule has 0 atom stereocenters. The van der Waals surface area contributed by atoms with Crippen LogP contribution in [-0.4, -0.2) is 0 Å². The number of rotatable bonds is 3. The molecule has 0 amide bonds. The first-order chi connectivity index (χ1) is 12.3. The van der Waals surface area contributed by atoms with E-state index in [-0.39, 0.29) is 0 Å². The van der Waals surface area contributed by atoms with Gasteiger partial charge in [-0.3, -0.25) is 0 Å². The summed E-state index contributed by atoms with van der Waals surface area (Å²) in [6.07, 6.45) is 4.33. The molecule has 0 aromatic heterocycles. The quantitative estimate of drug-likeness (QED) is 0.322. The second-order valence-corrected chi connectivity index (χ2v) is 6.99. The average Bonchev–Trinajstić information content (AvgIpc) is 2.67. The van der Waals surface area contributed by atoms with Gasteiger partial charge in [-0.15, -0.1) is 0 Å². The molecule has 0 saturated heterocycles. The van der Waals surface area contributed by atoms with Gasteiger partial charge in [0.05, 0.1) is 0 Å². The second kappa shape index (κ2) is 7.08. The molecule has 4 aromatic carbocycles. The van der Waals surface area contributed by atoms with Gasteiger partial charge < -0.3 is 0 Å². The van der Waals surface area contributed by atoms with Crippen molar-refractivity contribution in [2.45, 2.75) is 0 Å². The Morgan fingerprint density at radius 2 is 1.12 bits per heavy atom. The standard InChI is InChI=1S/C24H17Br/c25-24-15-14-22-16-19(10-13-23(22)17-24)7-6-18-8-11-21(12-9-18)20-4-2-1-3-5-20/h1-17H. The van der Waals surface area contributed by atoms with E-state index >= 15 is 0 Å². The number of hydrogen-bond donors (Lipinski definition) is 0. The van der Waals surface area contributed by atoms with Gasteiger partial charge in [0, 0.05) is 4.47 Å². The molecule has 0 aliphatic rings. The predicted molar refractivity (Wildman–Crippen MR) is 112 cm³/mol. The Morgan fingerprint density at radius 1 is 0.520 bits per heavy atom. The van der Waals surface area contributed by atoms with Gasteiger partial charge in [-0.05, 0) is 51.2 Å². The van der Waals surface area contributed by atoms with Crippen LogP contribution in [0, 0.1) is 0 Å². The summed E-state index contributed by atoms with van der Waals surface area (Å²) >= 11 is 3.52. The van der Waals surface area contributed by atoms with E-state index in [2.05, 4.69) is 113 Å². The molecule has 0 aliphatic carbocycles. The highest BCUT2D eigenvalue weighted by molar-refractivity contribution is 9.10. The van der Waals surface area contributed by atoms with Crippen LogP contribution >= 0.6 is 15.9 Å². The fraction of sp³-hybridized carbons (Fsp3) is 0. The van der Waals surface area contributed by atoms with Crippen molar-refractivity contribution in [2.24, 2.45) is 0 Å². The van der Waals surface area contributed by atoms with Gasteiger partial charge in [-0.25, -0.2) is 0 Å². The zero-order valence-electron chi connectivity index (χ0n) is 13.7. The van der Waals surface area contributed by atoms with Gasteiger partial charge in [-0.2, -0.15) is 0 Å². The summed E-state index contributed by atoms with van der Waals surface area (Å²) in [6.45, 7) is 0. The van der Waals surface area contributed by atoms with Gasteiger partial charge in [-0.1, -0.05) is 101 Å².